The Kier molecular flexibility index (Phi) is 3.72. The number of imidazole rings is 1. The summed E-state index contributed by atoms with van der Waals surface area (Å²) in [6, 6.07) is 7.03. The molecule has 3 rings (SSSR count). The highest BCUT2D eigenvalue weighted by atomic mass is 127. The van der Waals surface area contributed by atoms with Gasteiger partial charge in [-0.2, -0.15) is 0 Å². The van der Waals surface area contributed by atoms with Crippen molar-refractivity contribution in [3.63, 3.8) is 0 Å². The maximum atomic E-state index is 13.8. The summed E-state index contributed by atoms with van der Waals surface area (Å²) < 4.78 is 21.8. The SMILES string of the molecule is Cc1ccc(Cn2c(CCl)nc3cc(I)c(F)cc32)o1. The van der Waals surface area contributed by atoms with Gasteiger partial charge in [-0.05, 0) is 47.7 Å². The average Bonchev–Trinajstić information content (AvgIpc) is 2.96. The molecule has 0 fully saturated rings. The Balaban J connectivity index is 2.14. The Hall–Kier alpha value is -1.08. The molecule has 0 N–H and O–H groups in total. The minimum absolute atomic E-state index is 0.254. The lowest BCUT2D eigenvalue weighted by molar-refractivity contribution is 0.470. The van der Waals surface area contributed by atoms with Gasteiger partial charge < -0.3 is 8.98 Å². The lowest BCUT2D eigenvalue weighted by Crippen LogP contribution is -2.03. The summed E-state index contributed by atoms with van der Waals surface area (Å²) in [7, 11) is 0. The molecular formula is C14H11ClFIN2O. The van der Waals surface area contributed by atoms with Gasteiger partial charge in [0.05, 0.1) is 27.0 Å². The van der Waals surface area contributed by atoms with Crippen LogP contribution in [0.25, 0.3) is 11.0 Å². The number of aryl methyl sites for hydroxylation is 1. The third kappa shape index (κ3) is 2.44. The van der Waals surface area contributed by atoms with Crippen LogP contribution in [0, 0.1) is 16.3 Å². The van der Waals surface area contributed by atoms with Crippen molar-refractivity contribution < 1.29 is 8.81 Å². The molecule has 0 atom stereocenters. The van der Waals surface area contributed by atoms with Crippen LogP contribution in [-0.2, 0) is 12.4 Å². The molecule has 0 unspecified atom stereocenters. The number of alkyl halides is 1. The Bertz CT molecular complexity index is 781. The molecule has 0 amide bonds. The smallest absolute Gasteiger partial charge is 0.138 e. The van der Waals surface area contributed by atoms with Crippen LogP contribution < -0.4 is 0 Å². The number of benzene rings is 1. The van der Waals surface area contributed by atoms with Crippen LogP contribution in [0.2, 0.25) is 0 Å². The molecule has 6 heteroatoms. The van der Waals surface area contributed by atoms with Gasteiger partial charge in [0.15, 0.2) is 0 Å². The van der Waals surface area contributed by atoms with Crippen LogP contribution in [0.3, 0.4) is 0 Å². The van der Waals surface area contributed by atoms with Crippen LogP contribution in [0.1, 0.15) is 17.3 Å². The van der Waals surface area contributed by atoms with Gasteiger partial charge in [0.25, 0.3) is 0 Å². The van der Waals surface area contributed by atoms with Crippen LogP contribution in [0.4, 0.5) is 4.39 Å². The van der Waals surface area contributed by atoms with E-state index >= 15 is 0 Å². The van der Waals surface area contributed by atoms with E-state index in [9.17, 15) is 4.39 Å². The number of halogens is 3. The van der Waals surface area contributed by atoms with Crippen molar-refractivity contribution in [1.82, 2.24) is 9.55 Å². The maximum Gasteiger partial charge on any atom is 0.138 e. The molecule has 0 aliphatic heterocycles. The predicted molar refractivity (Wildman–Crippen MR) is 84.5 cm³/mol. The first kappa shape index (κ1) is 13.9. The number of nitrogens with zero attached hydrogens (tertiary/aromatic N) is 2. The van der Waals surface area contributed by atoms with Crippen molar-refractivity contribution in [2.24, 2.45) is 0 Å². The summed E-state index contributed by atoms with van der Waals surface area (Å²) in [6.45, 7) is 2.38. The summed E-state index contributed by atoms with van der Waals surface area (Å²) in [5.41, 5.74) is 1.47. The van der Waals surface area contributed by atoms with Gasteiger partial charge in [0, 0.05) is 6.07 Å². The van der Waals surface area contributed by atoms with Crippen molar-refractivity contribution in [2.45, 2.75) is 19.3 Å². The van der Waals surface area contributed by atoms with Gasteiger partial charge in [-0.25, -0.2) is 9.37 Å². The van der Waals surface area contributed by atoms with E-state index in [0.717, 1.165) is 22.6 Å². The Morgan fingerprint density at radius 2 is 2.20 bits per heavy atom. The zero-order valence-electron chi connectivity index (χ0n) is 10.7. The molecule has 0 aliphatic rings. The Morgan fingerprint density at radius 1 is 1.40 bits per heavy atom. The van der Waals surface area contributed by atoms with Crippen LogP contribution in [0.15, 0.2) is 28.7 Å². The van der Waals surface area contributed by atoms with Crippen molar-refractivity contribution in [2.75, 3.05) is 0 Å². The molecule has 3 nitrogen and oxygen atoms in total. The van der Waals surface area contributed by atoms with E-state index in [2.05, 4.69) is 4.98 Å². The topological polar surface area (TPSA) is 31.0 Å². The summed E-state index contributed by atoms with van der Waals surface area (Å²) in [5.74, 6) is 2.37. The summed E-state index contributed by atoms with van der Waals surface area (Å²) in [4.78, 5) is 4.45. The van der Waals surface area contributed by atoms with E-state index in [1.807, 2.05) is 46.2 Å². The van der Waals surface area contributed by atoms with Gasteiger partial charge in [-0.15, -0.1) is 11.6 Å². The molecular weight excluding hydrogens is 394 g/mol. The summed E-state index contributed by atoms with van der Waals surface area (Å²) >= 11 is 7.90. The normalized spacial score (nSPS) is 11.4. The minimum Gasteiger partial charge on any atom is -0.464 e. The molecule has 1 aromatic carbocycles. The van der Waals surface area contributed by atoms with Crippen molar-refractivity contribution in [3.8, 4) is 0 Å². The number of hydrogen-bond acceptors (Lipinski definition) is 2. The first-order chi connectivity index (χ1) is 9.58. The van der Waals surface area contributed by atoms with Gasteiger partial charge in [-0.3, -0.25) is 0 Å². The number of hydrogen-bond donors (Lipinski definition) is 0. The molecule has 0 spiro atoms. The fourth-order valence-corrected chi connectivity index (χ4v) is 2.83. The van der Waals surface area contributed by atoms with E-state index < -0.39 is 0 Å². The van der Waals surface area contributed by atoms with Gasteiger partial charge in [0.2, 0.25) is 0 Å². The van der Waals surface area contributed by atoms with Crippen LogP contribution in [0.5, 0.6) is 0 Å². The Labute approximate surface area is 133 Å². The van der Waals surface area contributed by atoms with Gasteiger partial charge in [-0.1, -0.05) is 0 Å². The zero-order valence-corrected chi connectivity index (χ0v) is 13.6. The largest absolute Gasteiger partial charge is 0.464 e. The molecule has 0 saturated carbocycles. The lowest BCUT2D eigenvalue weighted by atomic mass is 10.3. The van der Waals surface area contributed by atoms with E-state index in [1.165, 1.54) is 6.07 Å². The zero-order chi connectivity index (χ0) is 14.3. The van der Waals surface area contributed by atoms with Crippen molar-refractivity contribution in [3.05, 3.63) is 51.0 Å². The fraction of sp³-hybridized carbons (Fsp3) is 0.214. The van der Waals surface area contributed by atoms with Crippen molar-refractivity contribution >= 4 is 45.2 Å². The second kappa shape index (κ2) is 5.37. The van der Waals surface area contributed by atoms with E-state index in [1.54, 1.807) is 6.07 Å². The number of aromatic nitrogens is 2. The summed E-state index contributed by atoms with van der Waals surface area (Å²) in [5, 5.41) is 0. The highest BCUT2D eigenvalue weighted by Crippen LogP contribution is 2.24. The molecule has 104 valence electrons. The molecule has 0 radical (unpaired) electrons. The second-order valence-electron chi connectivity index (χ2n) is 4.52. The highest BCUT2D eigenvalue weighted by Gasteiger charge is 2.14. The number of fused-ring (bicyclic) bond motifs is 1. The van der Waals surface area contributed by atoms with E-state index in [4.69, 9.17) is 16.0 Å². The van der Waals surface area contributed by atoms with Gasteiger partial charge >= 0.3 is 0 Å². The molecule has 0 aliphatic carbocycles. The second-order valence-corrected chi connectivity index (χ2v) is 5.94. The molecule has 0 saturated heterocycles. The first-order valence-corrected chi connectivity index (χ1v) is 7.65. The molecule has 2 heterocycles. The molecule has 20 heavy (non-hydrogen) atoms. The Morgan fingerprint density at radius 3 is 2.85 bits per heavy atom. The van der Waals surface area contributed by atoms with Gasteiger partial charge in [0.1, 0.15) is 23.2 Å². The molecule has 0 bridgehead atoms. The van der Waals surface area contributed by atoms with Crippen molar-refractivity contribution in [1.29, 1.82) is 0 Å². The first-order valence-electron chi connectivity index (χ1n) is 6.04. The van der Waals surface area contributed by atoms with E-state index in [-0.39, 0.29) is 11.7 Å². The summed E-state index contributed by atoms with van der Waals surface area (Å²) in [6.07, 6.45) is 0. The minimum atomic E-state index is -0.254. The fourth-order valence-electron chi connectivity index (χ4n) is 2.17. The van der Waals surface area contributed by atoms with E-state index in [0.29, 0.717) is 15.9 Å². The third-order valence-corrected chi connectivity index (χ3v) is 4.16. The van der Waals surface area contributed by atoms with Crippen LogP contribution in [-0.4, -0.2) is 9.55 Å². The molecule has 3 aromatic rings. The standard InChI is InChI=1S/C14H11ClFIN2O/c1-8-2-3-9(20-8)7-19-13-4-10(16)11(17)5-12(13)18-14(19)6-15/h2-5H,6-7H2,1H3. The third-order valence-electron chi connectivity index (χ3n) is 3.10. The van der Waals surface area contributed by atoms with Crippen LogP contribution >= 0.6 is 34.2 Å². The average molecular weight is 405 g/mol. The molecule has 2 aromatic heterocycles. The maximum absolute atomic E-state index is 13.8. The highest BCUT2D eigenvalue weighted by molar-refractivity contribution is 14.1. The quantitative estimate of drug-likeness (QED) is 0.476. The number of rotatable bonds is 3. The lowest BCUT2D eigenvalue weighted by Gasteiger charge is -2.06. The monoisotopic (exact) mass is 404 g/mol. The number of furan rings is 1. The predicted octanol–water partition coefficient (Wildman–Crippen LogP) is 4.47.